The highest BCUT2D eigenvalue weighted by molar-refractivity contribution is 6.00. The van der Waals surface area contributed by atoms with Crippen molar-refractivity contribution in [3.63, 3.8) is 0 Å². The van der Waals surface area contributed by atoms with Crippen LogP contribution in [0.2, 0.25) is 0 Å². The molecule has 0 spiro atoms. The lowest BCUT2D eigenvalue weighted by molar-refractivity contribution is -0.152. The zero-order valence-corrected chi connectivity index (χ0v) is 17.4. The summed E-state index contributed by atoms with van der Waals surface area (Å²) in [6.07, 6.45) is 0.756. The molecule has 1 atom stereocenters. The number of hydrogen-bond donors (Lipinski definition) is 2. The molecule has 10 heteroatoms. The predicted molar refractivity (Wildman–Crippen MR) is 107 cm³/mol. The highest BCUT2D eigenvalue weighted by Gasteiger charge is 2.37. The average Bonchev–Trinajstić information content (AvgIpc) is 3.15. The molecule has 1 aliphatic heterocycles. The SMILES string of the molecule is CCCNC(=O)CNC(=O)COC(=O)[C@H]1CC(=O)N(c2ccc(OC)cc2OC)C1. The second kappa shape index (κ2) is 11.0. The van der Waals surface area contributed by atoms with Gasteiger partial charge in [-0.1, -0.05) is 6.92 Å². The Morgan fingerprint density at radius 2 is 1.90 bits per heavy atom. The fourth-order valence-corrected chi connectivity index (χ4v) is 2.92. The van der Waals surface area contributed by atoms with Crippen LogP contribution in [0.3, 0.4) is 0 Å². The van der Waals surface area contributed by atoms with Crippen molar-refractivity contribution in [2.24, 2.45) is 5.92 Å². The summed E-state index contributed by atoms with van der Waals surface area (Å²) in [6, 6.07) is 5.02. The first-order chi connectivity index (χ1) is 14.4. The van der Waals surface area contributed by atoms with Crippen molar-refractivity contribution in [2.45, 2.75) is 19.8 Å². The number of nitrogens with zero attached hydrogens (tertiary/aromatic N) is 1. The predicted octanol–water partition coefficient (Wildman–Crippen LogP) is 0.242. The molecule has 2 rings (SSSR count). The number of carbonyl (C=O) groups excluding carboxylic acids is 4. The van der Waals surface area contributed by atoms with E-state index in [1.165, 1.54) is 19.1 Å². The Labute approximate surface area is 174 Å². The van der Waals surface area contributed by atoms with E-state index >= 15 is 0 Å². The summed E-state index contributed by atoms with van der Waals surface area (Å²) in [7, 11) is 3.00. The summed E-state index contributed by atoms with van der Waals surface area (Å²) < 4.78 is 15.5. The molecule has 30 heavy (non-hydrogen) atoms. The molecule has 0 aromatic heterocycles. The monoisotopic (exact) mass is 421 g/mol. The quantitative estimate of drug-likeness (QED) is 0.519. The van der Waals surface area contributed by atoms with Gasteiger partial charge in [-0.05, 0) is 18.6 Å². The van der Waals surface area contributed by atoms with E-state index in [1.54, 1.807) is 18.2 Å². The van der Waals surface area contributed by atoms with Gasteiger partial charge in [0.15, 0.2) is 6.61 Å². The highest BCUT2D eigenvalue weighted by atomic mass is 16.5. The second-order valence-corrected chi connectivity index (χ2v) is 6.68. The van der Waals surface area contributed by atoms with E-state index in [0.29, 0.717) is 23.7 Å². The first-order valence-electron chi connectivity index (χ1n) is 9.62. The summed E-state index contributed by atoms with van der Waals surface area (Å²) in [5.74, 6) is -1.49. The van der Waals surface area contributed by atoms with E-state index in [-0.39, 0.29) is 31.3 Å². The maximum absolute atomic E-state index is 12.4. The minimum absolute atomic E-state index is 0.0327. The van der Waals surface area contributed by atoms with E-state index in [4.69, 9.17) is 14.2 Å². The lowest BCUT2D eigenvalue weighted by atomic mass is 10.1. The number of amides is 3. The smallest absolute Gasteiger partial charge is 0.311 e. The van der Waals surface area contributed by atoms with E-state index in [1.807, 2.05) is 6.92 Å². The highest BCUT2D eigenvalue weighted by Crippen LogP contribution is 2.35. The fraction of sp³-hybridized carbons (Fsp3) is 0.500. The Morgan fingerprint density at radius 1 is 1.13 bits per heavy atom. The number of rotatable bonds is 10. The molecule has 1 aliphatic rings. The van der Waals surface area contributed by atoms with Gasteiger partial charge >= 0.3 is 5.97 Å². The molecule has 1 saturated heterocycles. The molecule has 0 aliphatic carbocycles. The molecular formula is C20H27N3O7. The second-order valence-electron chi connectivity index (χ2n) is 6.68. The van der Waals surface area contributed by atoms with Crippen LogP contribution in [0.25, 0.3) is 0 Å². The van der Waals surface area contributed by atoms with Crippen LogP contribution < -0.4 is 25.0 Å². The molecule has 164 valence electrons. The van der Waals surface area contributed by atoms with Crippen molar-refractivity contribution in [3.05, 3.63) is 18.2 Å². The van der Waals surface area contributed by atoms with Crippen LogP contribution in [0.5, 0.6) is 11.5 Å². The molecule has 1 fully saturated rings. The molecule has 10 nitrogen and oxygen atoms in total. The molecule has 1 aromatic carbocycles. The minimum atomic E-state index is -0.704. The fourth-order valence-electron chi connectivity index (χ4n) is 2.92. The number of hydrogen-bond acceptors (Lipinski definition) is 7. The number of carbonyl (C=O) groups is 4. The number of anilines is 1. The average molecular weight is 421 g/mol. The number of benzene rings is 1. The molecule has 1 heterocycles. The number of esters is 1. The van der Waals surface area contributed by atoms with E-state index < -0.39 is 24.4 Å². The van der Waals surface area contributed by atoms with Crippen LogP contribution in [-0.4, -0.2) is 64.2 Å². The normalized spacial score (nSPS) is 15.5. The van der Waals surface area contributed by atoms with Gasteiger partial charge in [0.1, 0.15) is 11.5 Å². The first-order valence-corrected chi connectivity index (χ1v) is 9.62. The Hall–Kier alpha value is -3.30. The minimum Gasteiger partial charge on any atom is -0.497 e. The lowest BCUT2D eigenvalue weighted by Crippen LogP contribution is -2.39. The zero-order valence-electron chi connectivity index (χ0n) is 17.4. The van der Waals surface area contributed by atoms with Gasteiger partial charge in [0.05, 0.1) is 32.4 Å². The number of methoxy groups -OCH3 is 2. The Kier molecular flexibility index (Phi) is 8.45. The molecule has 0 unspecified atom stereocenters. The van der Waals surface area contributed by atoms with Crippen LogP contribution in [0, 0.1) is 5.92 Å². The van der Waals surface area contributed by atoms with Crippen LogP contribution in [0.4, 0.5) is 5.69 Å². The third kappa shape index (κ3) is 6.10. The Morgan fingerprint density at radius 3 is 2.57 bits per heavy atom. The molecule has 3 amide bonds. The Bertz CT molecular complexity index is 797. The van der Waals surface area contributed by atoms with Crippen molar-refractivity contribution in [3.8, 4) is 11.5 Å². The van der Waals surface area contributed by atoms with E-state index in [2.05, 4.69) is 10.6 Å². The van der Waals surface area contributed by atoms with Gasteiger partial charge < -0.3 is 29.7 Å². The van der Waals surface area contributed by atoms with Crippen LogP contribution in [-0.2, 0) is 23.9 Å². The van der Waals surface area contributed by atoms with E-state index in [9.17, 15) is 19.2 Å². The lowest BCUT2D eigenvalue weighted by Gasteiger charge is -2.20. The number of nitrogens with one attached hydrogen (secondary N) is 2. The molecule has 2 N–H and O–H groups in total. The van der Waals surface area contributed by atoms with E-state index in [0.717, 1.165) is 6.42 Å². The van der Waals surface area contributed by atoms with Gasteiger partial charge in [0, 0.05) is 25.6 Å². The topological polar surface area (TPSA) is 123 Å². The van der Waals surface area contributed by atoms with Crippen molar-refractivity contribution < 1.29 is 33.4 Å². The van der Waals surface area contributed by atoms with Gasteiger partial charge in [0.2, 0.25) is 11.8 Å². The first kappa shape index (κ1) is 23.0. The summed E-state index contributed by atoms with van der Waals surface area (Å²) in [4.78, 5) is 49.4. The van der Waals surface area contributed by atoms with Crippen LogP contribution in [0.1, 0.15) is 19.8 Å². The van der Waals surface area contributed by atoms with Gasteiger partial charge in [-0.15, -0.1) is 0 Å². The van der Waals surface area contributed by atoms with Crippen molar-refractivity contribution in [1.82, 2.24) is 10.6 Å². The molecular weight excluding hydrogens is 394 g/mol. The largest absolute Gasteiger partial charge is 0.497 e. The molecule has 0 saturated carbocycles. The summed E-state index contributed by atoms with van der Waals surface area (Å²) in [5.41, 5.74) is 0.523. The molecule has 0 radical (unpaired) electrons. The number of ether oxygens (including phenoxy) is 3. The maximum Gasteiger partial charge on any atom is 0.311 e. The Balaban J connectivity index is 1.87. The van der Waals surface area contributed by atoms with Gasteiger partial charge in [0.25, 0.3) is 5.91 Å². The summed E-state index contributed by atoms with van der Waals surface area (Å²) >= 11 is 0. The van der Waals surface area contributed by atoms with Crippen LogP contribution in [0.15, 0.2) is 18.2 Å². The zero-order chi connectivity index (χ0) is 22.1. The van der Waals surface area contributed by atoms with Gasteiger partial charge in [-0.25, -0.2) is 0 Å². The standard InChI is InChI=1S/C20H27N3O7/c1-4-7-21-17(24)10-22-18(25)12-30-20(27)13-8-19(26)23(11-13)15-6-5-14(28-2)9-16(15)29-3/h5-6,9,13H,4,7-8,10-12H2,1-3H3,(H,21,24)(H,22,25)/t13-/m0/s1. The van der Waals surface area contributed by atoms with Crippen molar-refractivity contribution >= 4 is 29.4 Å². The van der Waals surface area contributed by atoms with Gasteiger partial charge in [-0.2, -0.15) is 0 Å². The van der Waals surface area contributed by atoms with Crippen molar-refractivity contribution in [1.29, 1.82) is 0 Å². The van der Waals surface area contributed by atoms with Gasteiger partial charge in [-0.3, -0.25) is 19.2 Å². The van der Waals surface area contributed by atoms with Crippen molar-refractivity contribution in [2.75, 3.05) is 45.4 Å². The third-order valence-corrected chi connectivity index (χ3v) is 4.50. The third-order valence-electron chi connectivity index (χ3n) is 4.50. The molecule has 1 aromatic rings. The summed E-state index contributed by atoms with van der Waals surface area (Å²) in [5, 5.41) is 4.99. The van der Waals surface area contributed by atoms with Crippen LogP contribution >= 0.6 is 0 Å². The summed E-state index contributed by atoms with van der Waals surface area (Å²) in [6.45, 7) is 1.84. The maximum atomic E-state index is 12.4. The molecule has 0 bridgehead atoms.